The average Bonchev–Trinajstić information content (AvgIpc) is 2.54. The van der Waals surface area contributed by atoms with Gasteiger partial charge >= 0.3 is 0 Å². The van der Waals surface area contributed by atoms with Crippen LogP contribution in [0.15, 0.2) is 54.6 Å². The highest BCUT2D eigenvalue weighted by molar-refractivity contribution is 5.86. The van der Waals surface area contributed by atoms with Gasteiger partial charge in [0.25, 0.3) is 5.91 Å². The Morgan fingerprint density at radius 3 is 2.48 bits per heavy atom. The quantitative estimate of drug-likeness (QED) is 0.628. The first-order valence-corrected chi connectivity index (χ1v) is 7.34. The third-order valence-corrected chi connectivity index (χ3v) is 3.61. The zero-order valence-corrected chi connectivity index (χ0v) is 12.3. The molecule has 0 saturated carbocycles. The summed E-state index contributed by atoms with van der Waals surface area (Å²) < 4.78 is 0. The average molecular weight is 283 g/mol. The molecule has 2 aromatic carbocycles. The normalized spacial score (nSPS) is 11.9. The SMILES string of the molecule is CCCCc1cccc(C(C(=O)NO)c2ccccc2)c1. The third-order valence-electron chi connectivity index (χ3n) is 3.61. The lowest BCUT2D eigenvalue weighted by atomic mass is 9.89. The minimum absolute atomic E-state index is 0.408. The van der Waals surface area contributed by atoms with Crippen molar-refractivity contribution in [3.63, 3.8) is 0 Å². The van der Waals surface area contributed by atoms with Gasteiger partial charge in [-0.3, -0.25) is 10.0 Å². The second-order valence-corrected chi connectivity index (χ2v) is 5.17. The summed E-state index contributed by atoms with van der Waals surface area (Å²) in [6.07, 6.45) is 3.28. The number of aryl methyl sites for hydroxylation is 1. The molecule has 3 heteroatoms. The second-order valence-electron chi connectivity index (χ2n) is 5.17. The minimum atomic E-state index is -0.488. The zero-order valence-electron chi connectivity index (χ0n) is 12.3. The first kappa shape index (κ1) is 15.3. The molecular formula is C18H21NO2. The van der Waals surface area contributed by atoms with Crippen LogP contribution in [0.3, 0.4) is 0 Å². The fourth-order valence-corrected chi connectivity index (χ4v) is 2.51. The maximum atomic E-state index is 12.1. The number of carbonyl (C=O) groups is 1. The second kappa shape index (κ2) is 7.60. The number of carbonyl (C=O) groups excluding carboxylic acids is 1. The van der Waals surface area contributed by atoms with E-state index in [1.807, 2.05) is 42.5 Å². The largest absolute Gasteiger partial charge is 0.289 e. The molecule has 0 spiro atoms. The van der Waals surface area contributed by atoms with E-state index in [0.717, 1.165) is 30.4 Å². The van der Waals surface area contributed by atoms with E-state index < -0.39 is 11.8 Å². The Bertz CT molecular complexity index is 581. The number of hydrogen-bond acceptors (Lipinski definition) is 2. The van der Waals surface area contributed by atoms with Crippen molar-refractivity contribution in [1.29, 1.82) is 0 Å². The standard InChI is InChI=1S/C18H21NO2/c1-2-3-8-14-9-7-12-16(13-14)17(18(20)19-21)15-10-5-4-6-11-15/h4-7,9-13,17,21H,2-3,8H2,1H3,(H,19,20). The van der Waals surface area contributed by atoms with E-state index in [-0.39, 0.29) is 0 Å². The molecule has 0 fully saturated rings. The monoisotopic (exact) mass is 283 g/mol. The summed E-state index contributed by atoms with van der Waals surface area (Å²) in [5.74, 6) is -0.897. The Labute approximate surface area is 125 Å². The van der Waals surface area contributed by atoms with Gasteiger partial charge in [0.15, 0.2) is 0 Å². The van der Waals surface area contributed by atoms with Crippen molar-refractivity contribution in [2.24, 2.45) is 0 Å². The fraction of sp³-hybridized carbons (Fsp3) is 0.278. The lowest BCUT2D eigenvalue weighted by molar-refractivity contribution is -0.129. The van der Waals surface area contributed by atoms with Crippen molar-refractivity contribution in [1.82, 2.24) is 5.48 Å². The minimum Gasteiger partial charge on any atom is -0.289 e. The molecule has 0 saturated heterocycles. The molecule has 2 N–H and O–H groups in total. The predicted molar refractivity (Wildman–Crippen MR) is 83.3 cm³/mol. The van der Waals surface area contributed by atoms with E-state index in [0.29, 0.717) is 0 Å². The topological polar surface area (TPSA) is 49.3 Å². The van der Waals surface area contributed by atoms with Crippen molar-refractivity contribution in [3.05, 3.63) is 71.3 Å². The van der Waals surface area contributed by atoms with Crippen molar-refractivity contribution in [2.75, 3.05) is 0 Å². The van der Waals surface area contributed by atoms with Gasteiger partial charge in [-0.05, 0) is 29.5 Å². The number of hydrogen-bond donors (Lipinski definition) is 2. The van der Waals surface area contributed by atoms with Crippen LogP contribution in [0.25, 0.3) is 0 Å². The highest BCUT2D eigenvalue weighted by Gasteiger charge is 2.22. The van der Waals surface area contributed by atoms with Crippen LogP contribution >= 0.6 is 0 Å². The molecule has 0 aliphatic carbocycles. The smallest absolute Gasteiger partial charge is 0.255 e. The number of nitrogens with one attached hydrogen (secondary N) is 1. The molecule has 1 unspecified atom stereocenters. The van der Waals surface area contributed by atoms with Crippen LogP contribution in [0.1, 0.15) is 42.4 Å². The molecule has 1 atom stereocenters. The van der Waals surface area contributed by atoms with Crippen LogP contribution in [0, 0.1) is 0 Å². The zero-order chi connectivity index (χ0) is 15.1. The third kappa shape index (κ3) is 3.92. The van der Waals surface area contributed by atoms with Crippen LogP contribution in [0.5, 0.6) is 0 Å². The van der Waals surface area contributed by atoms with Gasteiger partial charge in [-0.15, -0.1) is 0 Å². The van der Waals surface area contributed by atoms with Crippen LogP contribution in [-0.2, 0) is 11.2 Å². The predicted octanol–water partition coefficient (Wildman–Crippen LogP) is 3.67. The Hall–Kier alpha value is -2.13. The van der Waals surface area contributed by atoms with Crippen LogP contribution in [0.2, 0.25) is 0 Å². The van der Waals surface area contributed by atoms with E-state index in [2.05, 4.69) is 19.1 Å². The van der Waals surface area contributed by atoms with E-state index >= 15 is 0 Å². The van der Waals surface area contributed by atoms with Gasteiger partial charge in [0, 0.05) is 0 Å². The maximum Gasteiger partial charge on any atom is 0.255 e. The van der Waals surface area contributed by atoms with E-state index in [1.54, 1.807) is 5.48 Å². The number of benzene rings is 2. The van der Waals surface area contributed by atoms with Gasteiger partial charge in [0.05, 0.1) is 5.92 Å². The van der Waals surface area contributed by atoms with Crippen LogP contribution in [-0.4, -0.2) is 11.1 Å². The molecule has 0 bridgehead atoms. The van der Waals surface area contributed by atoms with Gasteiger partial charge in [-0.25, -0.2) is 5.48 Å². The van der Waals surface area contributed by atoms with Gasteiger partial charge in [0.1, 0.15) is 0 Å². The number of rotatable bonds is 6. The fourth-order valence-electron chi connectivity index (χ4n) is 2.51. The molecule has 0 heterocycles. The van der Waals surface area contributed by atoms with E-state index in [1.165, 1.54) is 5.56 Å². The Morgan fingerprint density at radius 1 is 1.10 bits per heavy atom. The highest BCUT2D eigenvalue weighted by Crippen LogP contribution is 2.26. The Balaban J connectivity index is 2.35. The van der Waals surface area contributed by atoms with Crippen LogP contribution in [0.4, 0.5) is 0 Å². The lowest BCUT2D eigenvalue weighted by Crippen LogP contribution is -2.27. The van der Waals surface area contributed by atoms with Crippen molar-refractivity contribution in [3.8, 4) is 0 Å². The molecule has 3 nitrogen and oxygen atoms in total. The van der Waals surface area contributed by atoms with Crippen LogP contribution < -0.4 is 5.48 Å². The number of amides is 1. The number of unbranched alkanes of at least 4 members (excludes halogenated alkanes) is 1. The van der Waals surface area contributed by atoms with Crippen molar-refractivity contribution in [2.45, 2.75) is 32.1 Å². The Morgan fingerprint density at radius 2 is 1.81 bits per heavy atom. The summed E-state index contributed by atoms with van der Waals surface area (Å²) in [6, 6.07) is 17.6. The summed E-state index contributed by atoms with van der Waals surface area (Å²) in [5.41, 5.74) is 4.78. The highest BCUT2D eigenvalue weighted by atomic mass is 16.5. The molecular weight excluding hydrogens is 262 g/mol. The molecule has 0 radical (unpaired) electrons. The van der Waals surface area contributed by atoms with E-state index in [4.69, 9.17) is 5.21 Å². The molecule has 0 aromatic heterocycles. The Kier molecular flexibility index (Phi) is 5.52. The summed E-state index contributed by atoms with van der Waals surface area (Å²) in [7, 11) is 0. The molecule has 21 heavy (non-hydrogen) atoms. The first-order valence-electron chi connectivity index (χ1n) is 7.34. The molecule has 2 rings (SSSR count). The molecule has 1 amide bonds. The van der Waals surface area contributed by atoms with Gasteiger partial charge in [-0.2, -0.15) is 0 Å². The van der Waals surface area contributed by atoms with E-state index in [9.17, 15) is 4.79 Å². The summed E-state index contributed by atoms with van der Waals surface area (Å²) in [6.45, 7) is 2.16. The molecule has 0 aliphatic heterocycles. The van der Waals surface area contributed by atoms with Gasteiger partial charge in [0.2, 0.25) is 0 Å². The van der Waals surface area contributed by atoms with Crippen molar-refractivity contribution < 1.29 is 10.0 Å². The number of hydroxylamine groups is 1. The first-order chi connectivity index (χ1) is 10.3. The molecule has 2 aromatic rings. The molecule has 110 valence electrons. The van der Waals surface area contributed by atoms with Gasteiger partial charge < -0.3 is 0 Å². The maximum absolute atomic E-state index is 12.1. The summed E-state index contributed by atoms with van der Waals surface area (Å²) in [4.78, 5) is 12.1. The summed E-state index contributed by atoms with van der Waals surface area (Å²) >= 11 is 0. The lowest BCUT2D eigenvalue weighted by Gasteiger charge is -2.16. The molecule has 0 aliphatic rings. The van der Waals surface area contributed by atoms with Gasteiger partial charge in [-0.1, -0.05) is 67.9 Å². The van der Waals surface area contributed by atoms with Crippen molar-refractivity contribution >= 4 is 5.91 Å². The summed E-state index contributed by atoms with van der Waals surface area (Å²) in [5, 5.41) is 9.04.